The third-order valence-corrected chi connectivity index (χ3v) is 4.74. The summed E-state index contributed by atoms with van der Waals surface area (Å²) in [5.74, 6) is 0. The fourth-order valence-corrected chi connectivity index (χ4v) is 3.33. The van der Waals surface area contributed by atoms with E-state index in [9.17, 15) is 5.21 Å². The molecular formula is C15H23NO. The molecule has 1 aliphatic rings. The normalized spacial score (nSPS) is 27.1. The third kappa shape index (κ3) is 1.40. The molecule has 2 rings (SSSR count). The van der Waals surface area contributed by atoms with Crippen molar-refractivity contribution >= 4 is 0 Å². The van der Waals surface area contributed by atoms with Crippen LogP contribution in [-0.2, 0) is 11.1 Å². The van der Waals surface area contributed by atoms with Gasteiger partial charge in [-0.2, -0.15) is 5.06 Å². The largest absolute Gasteiger partial charge is 0.312 e. The van der Waals surface area contributed by atoms with E-state index in [0.717, 1.165) is 19.3 Å². The van der Waals surface area contributed by atoms with Crippen molar-refractivity contribution in [2.24, 2.45) is 0 Å². The number of rotatable bonds is 3. The van der Waals surface area contributed by atoms with E-state index in [4.69, 9.17) is 0 Å². The lowest BCUT2D eigenvalue weighted by molar-refractivity contribution is -0.235. The smallest absolute Gasteiger partial charge is 0.0716 e. The molecule has 1 N–H and O–H groups in total. The number of hydrogen-bond acceptors (Lipinski definition) is 2. The first-order chi connectivity index (χ1) is 8.06. The number of hydroxylamine groups is 2. The second-order valence-corrected chi connectivity index (χ2v) is 5.22. The highest BCUT2D eigenvalue weighted by Gasteiger charge is 2.53. The molecule has 0 radical (unpaired) electrons. The van der Waals surface area contributed by atoms with Crippen molar-refractivity contribution in [1.82, 2.24) is 5.06 Å². The Kier molecular flexibility index (Phi) is 3.04. The molecule has 1 aliphatic heterocycles. The first-order valence-electron chi connectivity index (χ1n) is 6.66. The van der Waals surface area contributed by atoms with Crippen molar-refractivity contribution in [3.05, 3.63) is 35.4 Å². The lowest BCUT2D eigenvalue weighted by atomic mass is 9.84. The summed E-state index contributed by atoms with van der Waals surface area (Å²) in [4.78, 5) is 0. The summed E-state index contributed by atoms with van der Waals surface area (Å²) < 4.78 is 0. The molecule has 0 amide bonds. The fourth-order valence-electron chi connectivity index (χ4n) is 3.33. The Balaban J connectivity index is 2.69. The van der Waals surface area contributed by atoms with Crippen LogP contribution in [0.15, 0.2) is 24.3 Å². The van der Waals surface area contributed by atoms with Crippen LogP contribution < -0.4 is 0 Å². The number of benzene rings is 1. The van der Waals surface area contributed by atoms with Crippen molar-refractivity contribution < 1.29 is 5.21 Å². The van der Waals surface area contributed by atoms with E-state index >= 15 is 0 Å². The van der Waals surface area contributed by atoms with Crippen LogP contribution in [0.2, 0.25) is 0 Å². The van der Waals surface area contributed by atoms with E-state index in [0.29, 0.717) is 0 Å². The van der Waals surface area contributed by atoms with Gasteiger partial charge in [0.2, 0.25) is 0 Å². The van der Waals surface area contributed by atoms with E-state index < -0.39 is 0 Å². The van der Waals surface area contributed by atoms with Crippen LogP contribution in [0.4, 0.5) is 0 Å². The first-order valence-corrected chi connectivity index (χ1v) is 6.66. The molecule has 1 aromatic rings. The zero-order valence-corrected chi connectivity index (χ0v) is 11.3. The van der Waals surface area contributed by atoms with Gasteiger partial charge in [-0.25, -0.2) is 0 Å². The van der Waals surface area contributed by atoms with Gasteiger partial charge in [-0.05, 0) is 37.3 Å². The second kappa shape index (κ2) is 4.11. The van der Waals surface area contributed by atoms with Crippen molar-refractivity contribution in [3.8, 4) is 0 Å². The molecular weight excluding hydrogens is 210 g/mol. The van der Waals surface area contributed by atoms with Crippen LogP contribution in [0, 0.1) is 0 Å². The molecule has 0 fully saturated rings. The van der Waals surface area contributed by atoms with Gasteiger partial charge in [-0.15, -0.1) is 0 Å². The van der Waals surface area contributed by atoms with Crippen molar-refractivity contribution in [3.63, 3.8) is 0 Å². The van der Waals surface area contributed by atoms with Gasteiger partial charge in [0.15, 0.2) is 0 Å². The van der Waals surface area contributed by atoms with E-state index in [1.807, 2.05) is 0 Å². The lowest BCUT2D eigenvalue weighted by Gasteiger charge is -2.40. The predicted molar refractivity (Wildman–Crippen MR) is 70.0 cm³/mol. The highest BCUT2D eigenvalue weighted by atomic mass is 16.5. The maximum atomic E-state index is 10.7. The summed E-state index contributed by atoms with van der Waals surface area (Å²) in [7, 11) is 0. The monoisotopic (exact) mass is 233 g/mol. The molecule has 0 bridgehead atoms. The van der Waals surface area contributed by atoms with E-state index in [1.54, 1.807) is 5.06 Å². The minimum absolute atomic E-state index is 0.207. The fraction of sp³-hybridized carbons (Fsp3) is 0.600. The molecule has 0 saturated heterocycles. The number of nitrogens with zero attached hydrogens (tertiary/aromatic N) is 1. The number of hydrogen-bond donors (Lipinski definition) is 1. The average Bonchev–Trinajstić information content (AvgIpc) is 2.58. The first kappa shape index (κ1) is 12.6. The molecule has 1 aromatic carbocycles. The predicted octanol–water partition coefficient (Wildman–Crippen LogP) is 4.03. The van der Waals surface area contributed by atoms with Gasteiger partial charge in [0.1, 0.15) is 0 Å². The molecule has 0 saturated carbocycles. The zero-order chi connectivity index (χ0) is 12.7. The molecule has 2 nitrogen and oxygen atoms in total. The standard InChI is InChI=1S/C15H23NO/c1-5-14(4)12-10-8-9-11-13(12)15(6-2,7-3)16(14)17/h8-11,17H,5-7H2,1-4H3/t14-/m0/s1. The molecule has 94 valence electrons. The minimum atomic E-state index is -0.247. The summed E-state index contributed by atoms with van der Waals surface area (Å²) >= 11 is 0. The van der Waals surface area contributed by atoms with Gasteiger partial charge in [0.25, 0.3) is 0 Å². The van der Waals surface area contributed by atoms with Crippen LogP contribution >= 0.6 is 0 Å². The van der Waals surface area contributed by atoms with Crippen LogP contribution in [0.1, 0.15) is 58.1 Å². The maximum Gasteiger partial charge on any atom is 0.0716 e. The Morgan fingerprint density at radius 2 is 1.53 bits per heavy atom. The summed E-state index contributed by atoms with van der Waals surface area (Å²) in [6.45, 7) is 8.59. The van der Waals surface area contributed by atoms with Gasteiger partial charge in [-0.1, -0.05) is 45.0 Å². The molecule has 17 heavy (non-hydrogen) atoms. The molecule has 1 heterocycles. The second-order valence-electron chi connectivity index (χ2n) is 5.22. The topological polar surface area (TPSA) is 23.5 Å². The van der Waals surface area contributed by atoms with Crippen molar-refractivity contribution in [2.45, 2.75) is 58.0 Å². The third-order valence-electron chi connectivity index (χ3n) is 4.74. The van der Waals surface area contributed by atoms with Crippen LogP contribution in [0.5, 0.6) is 0 Å². The summed E-state index contributed by atoms with van der Waals surface area (Å²) in [6.07, 6.45) is 2.79. The van der Waals surface area contributed by atoms with E-state index in [-0.39, 0.29) is 11.1 Å². The van der Waals surface area contributed by atoms with Crippen LogP contribution in [0.3, 0.4) is 0 Å². The zero-order valence-electron chi connectivity index (χ0n) is 11.3. The summed E-state index contributed by atoms with van der Waals surface area (Å²) in [5, 5.41) is 12.3. The van der Waals surface area contributed by atoms with Gasteiger partial charge >= 0.3 is 0 Å². The van der Waals surface area contributed by atoms with Gasteiger partial charge in [-0.3, -0.25) is 0 Å². The highest BCUT2D eigenvalue weighted by molar-refractivity contribution is 5.43. The molecule has 0 aromatic heterocycles. The highest BCUT2D eigenvalue weighted by Crippen LogP contribution is 2.52. The molecule has 0 spiro atoms. The number of fused-ring (bicyclic) bond motifs is 1. The molecule has 0 unspecified atom stereocenters. The molecule has 2 heteroatoms. The van der Waals surface area contributed by atoms with Crippen LogP contribution in [0.25, 0.3) is 0 Å². The Bertz CT molecular complexity index is 411. The Morgan fingerprint density at radius 3 is 2.00 bits per heavy atom. The molecule has 0 aliphatic carbocycles. The quantitative estimate of drug-likeness (QED) is 0.852. The summed E-state index contributed by atoms with van der Waals surface area (Å²) in [5.41, 5.74) is 2.13. The summed E-state index contributed by atoms with van der Waals surface area (Å²) in [6, 6.07) is 8.48. The average molecular weight is 233 g/mol. The van der Waals surface area contributed by atoms with Gasteiger partial charge < -0.3 is 5.21 Å². The van der Waals surface area contributed by atoms with Crippen molar-refractivity contribution in [1.29, 1.82) is 0 Å². The van der Waals surface area contributed by atoms with Gasteiger partial charge in [0.05, 0.1) is 11.1 Å². The minimum Gasteiger partial charge on any atom is -0.312 e. The SMILES string of the molecule is CCC1(CC)c2ccccc2[C@](C)(CC)N1O. The Labute approximate surface area is 104 Å². The molecule has 1 atom stereocenters. The van der Waals surface area contributed by atoms with E-state index in [1.165, 1.54) is 11.1 Å². The van der Waals surface area contributed by atoms with Crippen LogP contribution in [-0.4, -0.2) is 10.3 Å². The Hall–Kier alpha value is -0.860. The lowest BCUT2D eigenvalue weighted by Crippen LogP contribution is -2.46. The van der Waals surface area contributed by atoms with E-state index in [2.05, 4.69) is 52.0 Å². The Morgan fingerprint density at radius 1 is 1.00 bits per heavy atom. The maximum absolute atomic E-state index is 10.7. The van der Waals surface area contributed by atoms with Gasteiger partial charge in [0, 0.05) is 0 Å². The van der Waals surface area contributed by atoms with Crippen molar-refractivity contribution in [2.75, 3.05) is 0 Å².